The highest BCUT2D eigenvalue weighted by Crippen LogP contribution is 2.42. The maximum absolute atomic E-state index is 13.1. The van der Waals surface area contributed by atoms with Crippen molar-refractivity contribution >= 4 is 23.4 Å². The van der Waals surface area contributed by atoms with Crippen LogP contribution in [0.4, 0.5) is 0 Å². The van der Waals surface area contributed by atoms with Gasteiger partial charge in [0.05, 0.1) is 26.7 Å². The summed E-state index contributed by atoms with van der Waals surface area (Å²) in [6.45, 7) is 1.47. The smallest absolute Gasteiger partial charge is 0.253 e. The summed E-state index contributed by atoms with van der Waals surface area (Å²) in [6, 6.07) is 12.4. The lowest BCUT2D eigenvalue weighted by Gasteiger charge is -2.21. The van der Waals surface area contributed by atoms with E-state index in [4.69, 9.17) is 25.8 Å². The third-order valence-corrected chi connectivity index (χ3v) is 5.69. The van der Waals surface area contributed by atoms with Crippen LogP contribution in [0, 0.1) is 5.92 Å². The lowest BCUT2D eigenvalue weighted by Crippen LogP contribution is -2.37. The molecule has 2 amide bonds. The summed E-state index contributed by atoms with van der Waals surface area (Å²) in [5, 5.41) is 3.40. The van der Waals surface area contributed by atoms with Crippen molar-refractivity contribution in [1.29, 1.82) is 0 Å². The van der Waals surface area contributed by atoms with Crippen LogP contribution in [0.3, 0.4) is 0 Å². The minimum Gasteiger partial charge on any atom is -0.493 e. The molecule has 8 heteroatoms. The number of nitrogens with zero attached hydrogens (tertiary/aromatic N) is 1. The molecule has 2 atom stereocenters. The van der Waals surface area contributed by atoms with Crippen LogP contribution in [0.15, 0.2) is 42.5 Å². The molecular weight excluding hydrogens is 420 g/mol. The number of nitrogens with one attached hydrogen (secondary N) is 1. The summed E-state index contributed by atoms with van der Waals surface area (Å²) in [5.41, 5.74) is 1.32. The monoisotopic (exact) mass is 446 g/mol. The first kappa shape index (κ1) is 22.9. The molecule has 1 fully saturated rings. The molecule has 0 bridgehead atoms. The summed E-state index contributed by atoms with van der Waals surface area (Å²) in [7, 11) is 4.72. The summed E-state index contributed by atoms with van der Waals surface area (Å²) in [6.07, 6.45) is 0. The maximum atomic E-state index is 13.1. The van der Waals surface area contributed by atoms with E-state index in [0.29, 0.717) is 41.8 Å². The van der Waals surface area contributed by atoms with Crippen molar-refractivity contribution in [2.45, 2.75) is 5.92 Å². The molecule has 3 rings (SSSR count). The van der Waals surface area contributed by atoms with E-state index < -0.39 is 5.92 Å². The van der Waals surface area contributed by atoms with Crippen molar-refractivity contribution in [2.75, 3.05) is 47.6 Å². The molecular formula is C23H27ClN2O5. The zero-order valence-electron chi connectivity index (χ0n) is 17.9. The Labute approximate surface area is 187 Å². The molecule has 0 aliphatic carbocycles. The van der Waals surface area contributed by atoms with Crippen LogP contribution in [0.25, 0.3) is 0 Å². The molecule has 1 aliphatic rings. The van der Waals surface area contributed by atoms with E-state index in [0.717, 1.165) is 5.56 Å². The van der Waals surface area contributed by atoms with Crippen LogP contribution in [-0.2, 0) is 9.53 Å². The first-order valence-electron chi connectivity index (χ1n) is 10.0. The summed E-state index contributed by atoms with van der Waals surface area (Å²) in [5.74, 6) is 0.159. The molecule has 1 saturated heterocycles. The van der Waals surface area contributed by atoms with Gasteiger partial charge in [0.1, 0.15) is 0 Å². The Bertz CT molecular complexity index is 936. The summed E-state index contributed by atoms with van der Waals surface area (Å²) >= 11 is 6.07. The summed E-state index contributed by atoms with van der Waals surface area (Å²) < 4.78 is 16.1. The van der Waals surface area contributed by atoms with Crippen molar-refractivity contribution in [1.82, 2.24) is 10.2 Å². The standard InChI is InChI=1S/C23H27ClN2O5/c1-29-11-10-25-22(27)19-14-26(23(28)15-6-4-7-16(24)12-15)13-18(19)17-8-5-9-20(30-2)21(17)31-3/h4-9,12,18-19H,10-11,13-14H2,1-3H3,(H,25,27)/t18-,19-/m1/s1. The molecule has 2 aromatic carbocycles. The SMILES string of the molecule is COCCNC(=O)[C@@H]1CN(C(=O)c2cccc(Cl)c2)C[C@@H]1c1cccc(OC)c1OC. The molecule has 0 spiro atoms. The Morgan fingerprint density at radius 3 is 2.55 bits per heavy atom. The first-order valence-corrected chi connectivity index (χ1v) is 10.4. The van der Waals surface area contributed by atoms with Gasteiger partial charge >= 0.3 is 0 Å². The molecule has 0 radical (unpaired) electrons. The highest BCUT2D eigenvalue weighted by molar-refractivity contribution is 6.30. The van der Waals surface area contributed by atoms with Crippen molar-refractivity contribution in [3.63, 3.8) is 0 Å². The number of para-hydroxylation sites is 1. The summed E-state index contributed by atoms with van der Waals surface area (Å²) in [4.78, 5) is 27.9. The van der Waals surface area contributed by atoms with Crippen molar-refractivity contribution in [3.05, 3.63) is 58.6 Å². The van der Waals surface area contributed by atoms with E-state index in [2.05, 4.69) is 5.32 Å². The molecule has 166 valence electrons. The van der Waals surface area contributed by atoms with E-state index in [1.165, 1.54) is 0 Å². The lowest BCUT2D eigenvalue weighted by molar-refractivity contribution is -0.125. The second-order valence-corrected chi connectivity index (χ2v) is 7.74. The van der Waals surface area contributed by atoms with Gasteiger partial charge in [-0.1, -0.05) is 29.8 Å². The van der Waals surface area contributed by atoms with Crippen LogP contribution in [0.2, 0.25) is 5.02 Å². The lowest BCUT2D eigenvalue weighted by atomic mass is 9.87. The maximum Gasteiger partial charge on any atom is 0.253 e. The largest absolute Gasteiger partial charge is 0.493 e. The molecule has 0 saturated carbocycles. The van der Waals surface area contributed by atoms with Gasteiger partial charge in [-0.25, -0.2) is 0 Å². The third-order valence-electron chi connectivity index (χ3n) is 5.45. The van der Waals surface area contributed by atoms with Gasteiger partial charge in [-0.2, -0.15) is 0 Å². The van der Waals surface area contributed by atoms with Gasteiger partial charge in [0.15, 0.2) is 11.5 Å². The highest BCUT2D eigenvalue weighted by Gasteiger charge is 2.42. The molecule has 31 heavy (non-hydrogen) atoms. The van der Waals surface area contributed by atoms with Crippen molar-refractivity contribution in [2.24, 2.45) is 5.92 Å². The van der Waals surface area contributed by atoms with Crippen LogP contribution in [-0.4, -0.2) is 64.3 Å². The predicted octanol–water partition coefficient (Wildman–Crippen LogP) is 2.98. The van der Waals surface area contributed by atoms with E-state index in [-0.39, 0.29) is 24.3 Å². The Morgan fingerprint density at radius 1 is 1.10 bits per heavy atom. The quantitative estimate of drug-likeness (QED) is 0.631. The van der Waals surface area contributed by atoms with Crippen LogP contribution in [0.5, 0.6) is 11.5 Å². The number of hydrogen-bond acceptors (Lipinski definition) is 5. The van der Waals surface area contributed by atoms with Gasteiger partial charge in [0.2, 0.25) is 5.91 Å². The minimum atomic E-state index is -0.444. The second kappa shape index (κ2) is 10.5. The number of likely N-dealkylation sites (tertiary alicyclic amines) is 1. The van der Waals surface area contributed by atoms with Crippen molar-refractivity contribution in [3.8, 4) is 11.5 Å². The molecule has 0 aromatic heterocycles. The van der Waals surface area contributed by atoms with E-state index in [1.54, 1.807) is 56.6 Å². The van der Waals surface area contributed by atoms with Gasteiger partial charge in [-0.15, -0.1) is 0 Å². The number of hydrogen-bond donors (Lipinski definition) is 1. The van der Waals surface area contributed by atoms with Gasteiger partial charge in [-0.3, -0.25) is 9.59 Å². The average molecular weight is 447 g/mol. The van der Waals surface area contributed by atoms with Gasteiger partial charge < -0.3 is 24.4 Å². The number of rotatable bonds is 8. The topological polar surface area (TPSA) is 77.1 Å². The van der Waals surface area contributed by atoms with Crippen LogP contribution in [0.1, 0.15) is 21.8 Å². The number of amides is 2. The molecule has 7 nitrogen and oxygen atoms in total. The molecule has 2 aromatic rings. The third kappa shape index (κ3) is 5.11. The number of halogens is 1. The Hall–Kier alpha value is -2.77. The molecule has 1 aliphatic heterocycles. The molecule has 1 heterocycles. The van der Waals surface area contributed by atoms with Gasteiger partial charge in [-0.05, 0) is 24.3 Å². The fourth-order valence-corrected chi connectivity index (χ4v) is 4.16. The highest BCUT2D eigenvalue weighted by atomic mass is 35.5. The zero-order valence-corrected chi connectivity index (χ0v) is 18.6. The average Bonchev–Trinajstić information content (AvgIpc) is 3.23. The predicted molar refractivity (Wildman–Crippen MR) is 118 cm³/mol. The number of carbonyl (C=O) groups excluding carboxylic acids is 2. The van der Waals surface area contributed by atoms with Crippen molar-refractivity contribution < 1.29 is 23.8 Å². The van der Waals surface area contributed by atoms with Gasteiger partial charge in [0.25, 0.3) is 5.91 Å². The zero-order chi connectivity index (χ0) is 22.4. The molecule has 1 N–H and O–H groups in total. The first-order chi connectivity index (χ1) is 15.0. The van der Waals surface area contributed by atoms with E-state index in [9.17, 15) is 9.59 Å². The van der Waals surface area contributed by atoms with E-state index >= 15 is 0 Å². The number of carbonyl (C=O) groups is 2. The fraction of sp³-hybridized carbons (Fsp3) is 0.391. The normalized spacial score (nSPS) is 18.0. The Kier molecular flexibility index (Phi) is 7.76. The number of ether oxygens (including phenoxy) is 3. The number of benzene rings is 2. The van der Waals surface area contributed by atoms with E-state index in [1.807, 2.05) is 12.1 Å². The Morgan fingerprint density at radius 2 is 1.87 bits per heavy atom. The van der Waals surface area contributed by atoms with Crippen LogP contribution >= 0.6 is 11.6 Å². The Balaban J connectivity index is 1.93. The second-order valence-electron chi connectivity index (χ2n) is 7.30. The molecule has 0 unspecified atom stereocenters. The fourth-order valence-electron chi connectivity index (χ4n) is 3.97. The minimum absolute atomic E-state index is 0.131. The van der Waals surface area contributed by atoms with Crippen LogP contribution < -0.4 is 14.8 Å². The number of methoxy groups -OCH3 is 3. The van der Waals surface area contributed by atoms with Gasteiger partial charge in [0, 0.05) is 48.8 Å².